The zero-order chi connectivity index (χ0) is 13.3. The number of nitrogens with two attached hydrogens (primary N) is 1. The van der Waals surface area contributed by atoms with Gasteiger partial charge in [0, 0.05) is 24.4 Å². The van der Waals surface area contributed by atoms with E-state index in [1.54, 1.807) is 24.1 Å². The molecular formula is C12H12FN3O2. The van der Waals surface area contributed by atoms with Crippen LogP contribution in [0.25, 0.3) is 11.1 Å². The molecule has 0 radical (unpaired) electrons. The van der Waals surface area contributed by atoms with E-state index in [0.717, 1.165) is 6.07 Å². The molecule has 6 heteroatoms. The Morgan fingerprint density at radius 3 is 2.78 bits per heavy atom. The van der Waals surface area contributed by atoms with Gasteiger partial charge in [0.05, 0.1) is 24.6 Å². The van der Waals surface area contributed by atoms with Crippen LogP contribution in [0.15, 0.2) is 24.5 Å². The van der Waals surface area contributed by atoms with Crippen molar-refractivity contribution in [2.45, 2.75) is 0 Å². The second-order valence-corrected chi connectivity index (χ2v) is 3.81. The van der Waals surface area contributed by atoms with Gasteiger partial charge in [-0.05, 0) is 12.1 Å². The first-order chi connectivity index (χ1) is 8.52. The first-order valence-corrected chi connectivity index (χ1v) is 5.19. The van der Waals surface area contributed by atoms with E-state index in [0.29, 0.717) is 11.1 Å². The zero-order valence-corrected chi connectivity index (χ0v) is 9.98. The van der Waals surface area contributed by atoms with Gasteiger partial charge in [-0.3, -0.25) is 4.68 Å². The van der Waals surface area contributed by atoms with Crippen LogP contribution in [-0.4, -0.2) is 22.9 Å². The third-order valence-corrected chi connectivity index (χ3v) is 2.57. The maximum atomic E-state index is 13.5. The smallest absolute Gasteiger partial charge is 0.340 e. The van der Waals surface area contributed by atoms with Gasteiger partial charge in [0.2, 0.25) is 0 Å². The summed E-state index contributed by atoms with van der Waals surface area (Å²) < 4.78 is 19.6. The van der Waals surface area contributed by atoms with Crippen LogP contribution in [0.1, 0.15) is 10.4 Å². The number of carbonyl (C=O) groups is 1. The molecule has 0 saturated carbocycles. The minimum absolute atomic E-state index is 0.0105. The van der Waals surface area contributed by atoms with Crippen LogP contribution in [0, 0.1) is 5.82 Å². The molecule has 0 aliphatic heterocycles. The third-order valence-electron chi connectivity index (χ3n) is 2.57. The Labute approximate surface area is 103 Å². The van der Waals surface area contributed by atoms with E-state index in [9.17, 15) is 9.18 Å². The summed E-state index contributed by atoms with van der Waals surface area (Å²) in [5.74, 6) is -1.22. The molecule has 1 heterocycles. The zero-order valence-electron chi connectivity index (χ0n) is 9.98. The van der Waals surface area contributed by atoms with Crippen LogP contribution in [0.2, 0.25) is 0 Å². The number of aromatic nitrogens is 2. The Morgan fingerprint density at radius 1 is 1.50 bits per heavy atom. The predicted octanol–water partition coefficient (Wildman–Crippen LogP) is 1.59. The van der Waals surface area contributed by atoms with Crippen molar-refractivity contribution >= 4 is 11.7 Å². The highest BCUT2D eigenvalue weighted by molar-refractivity contribution is 5.99. The molecule has 1 aromatic carbocycles. The molecular weight excluding hydrogens is 237 g/mol. The number of aryl methyl sites for hydroxylation is 1. The van der Waals surface area contributed by atoms with Crippen LogP contribution in [0.4, 0.5) is 10.1 Å². The van der Waals surface area contributed by atoms with Gasteiger partial charge in [0.1, 0.15) is 5.82 Å². The number of rotatable bonds is 2. The largest absolute Gasteiger partial charge is 0.465 e. The van der Waals surface area contributed by atoms with E-state index < -0.39 is 11.8 Å². The van der Waals surface area contributed by atoms with Crippen molar-refractivity contribution in [3.63, 3.8) is 0 Å². The number of esters is 1. The molecule has 0 saturated heterocycles. The van der Waals surface area contributed by atoms with Crippen LogP contribution in [0.5, 0.6) is 0 Å². The molecule has 0 aliphatic carbocycles. The van der Waals surface area contributed by atoms with Crippen molar-refractivity contribution in [3.8, 4) is 11.1 Å². The van der Waals surface area contributed by atoms with E-state index >= 15 is 0 Å². The number of nitrogen functional groups attached to an aromatic ring is 1. The molecule has 2 rings (SSSR count). The molecule has 0 unspecified atom stereocenters. The first kappa shape index (κ1) is 12.1. The lowest BCUT2D eigenvalue weighted by atomic mass is 10.0. The molecule has 0 atom stereocenters. The molecule has 0 spiro atoms. The maximum absolute atomic E-state index is 13.5. The number of benzene rings is 1. The minimum atomic E-state index is -0.669. The van der Waals surface area contributed by atoms with Gasteiger partial charge in [-0.2, -0.15) is 5.10 Å². The van der Waals surface area contributed by atoms with Crippen molar-refractivity contribution in [2.24, 2.45) is 7.05 Å². The van der Waals surface area contributed by atoms with Gasteiger partial charge >= 0.3 is 5.97 Å². The molecule has 2 N–H and O–H groups in total. The molecule has 1 aromatic heterocycles. The van der Waals surface area contributed by atoms with Gasteiger partial charge in [0.25, 0.3) is 0 Å². The van der Waals surface area contributed by atoms with Crippen molar-refractivity contribution in [2.75, 3.05) is 12.8 Å². The molecule has 0 amide bonds. The third kappa shape index (κ3) is 2.04. The number of hydrogen-bond acceptors (Lipinski definition) is 4. The second kappa shape index (κ2) is 4.48. The van der Waals surface area contributed by atoms with Gasteiger partial charge in [-0.15, -0.1) is 0 Å². The monoisotopic (exact) mass is 249 g/mol. The predicted molar refractivity (Wildman–Crippen MR) is 64.4 cm³/mol. The van der Waals surface area contributed by atoms with Crippen LogP contribution < -0.4 is 5.73 Å². The van der Waals surface area contributed by atoms with E-state index in [-0.39, 0.29) is 11.3 Å². The Morgan fingerprint density at radius 2 is 2.22 bits per heavy atom. The van der Waals surface area contributed by atoms with Gasteiger partial charge < -0.3 is 10.5 Å². The number of hydrogen-bond donors (Lipinski definition) is 1. The minimum Gasteiger partial charge on any atom is -0.465 e. The SMILES string of the molecule is COC(=O)c1cc(F)cc(-c2cnn(C)c2)c1N. The Hall–Kier alpha value is -2.37. The quantitative estimate of drug-likeness (QED) is 0.648. The second-order valence-electron chi connectivity index (χ2n) is 3.81. The molecule has 94 valence electrons. The normalized spacial score (nSPS) is 10.4. The molecule has 0 fully saturated rings. The summed E-state index contributed by atoms with van der Waals surface area (Å²) in [5.41, 5.74) is 7.11. The summed E-state index contributed by atoms with van der Waals surface area (Å²) in [7, 11) is 2.95. The average molecular weight is 249 g/mol. The number of carbonyl (C=O) groups excluding carboxylic acids is 1. The number of nitrogens with zero attached hydrogens (tertiary/aromatic N) is 2. The summed E-state index contributed by atoms with van der Waals surface area (Å²) in [5, 5.41) is 3.98. The fraction of sp³-hybridized carbons (Fsp3) is 0.167. The van der Waals surface area contributed by atoms with E-state index in [2.05, 4.69) is 9.84 Å². The highest BCUT2D eigenvalue weighted by atomic mass is 19.1. The van der Waals surface area contributed by atoms with E-state index in [1.165, 1.54) is 13.2 Å². The first-order valence-electron chi connectivity index (χ1n) is 5.19. The molecule has 0 aliphatic rings. The number of ether oxygens (including phenoxy) is 1. The van der Waals surface area contributed by atoms with Crippen molar-refractivity contribution < 1.29 is 13.9 Å². The highest BCUT2D eigenvalue weighted by Crippen LogP contribution is 2.29. The van der Waals surface area contributed by atoms with Crippen molar-refractivity contribution in [1.29, 1.82) is 0 Å². The number of halogens is 1. The summed E-state index contributed by atoms with van der Waals surface area (Å²) >= 11 is 0. The average Bonchev–Trinajstić information content (AvgIpc) is 2.77. The lowest BCUT2D eigenvalue weighted by molar-refractivity contribution is 0.0601. The molecule has 5 nitrogen and oxygen atoms in total. The van der Waals surface area contributed by atoms with Crippen LogP contribution in [-0.2, 0) is 11.8 Å². The molecule has 18 heavy (non-hydrogen) atoms. The summed E-state index contributed by atoms with van der Waals surface area (Å²) in [6.45, 7) is 0. The van der Waals surface area contributed by atoms with E-state index in [4.69, 9.17) is 5.73 Å². The lowest BCUT2D eigenvalue weighted by Gasteiger charge is -2.08. The summed E-state index contributed by atoms with van der Waals surface area (Å²) in [6.07, 6.45) is 3.23. The highest BCUT2D eigenvalue weighted by Gasteiger charge is 2.17. The van der Waals surface area contributed by atoms with Gasteiger partial charge in [-0.25, -0.2) is 9.18 Å². The van der Waals surface area contributed by atoms with Crippen LogP contribution >= 0.6 is 0 Å². The lowest BCUT2D eigenvalue weighted by Crippen LogP contribution is -2.07. The van der Waals surface area contributed by atoms with Crippen molar-refractivity contribution in [3.05, 3.63) is 35.9 Å². The number of methoxy groups -OCH3 is 1. The van der Waals surface area contributed by atoms with Crippen LogP contribution in [0.3, 0.4) is 0 Å². The fourth-order valence-electron chi connectivity index (χ4n) is 1.70. The maximum Gasteiger partial charge on any atom is 0.340 e. The number of anilines is 1. The summed E-state index contributed by atoms with van der Waals surface area (Å²) in [6, 6.07) is 2.32. The molecule has 2 aromatic rings. The van der Waals surface area contributed by atoms with Gasteiger partial charge in [0.15, 0.2) is 0 Å². The Kier molecular flexibility index (Phi) is 3.01. The van der Waals surface area contributed by atoms with Gasteiger partial charge in [-0.1, -0.05) is 0 Å². The Bertz CT molecular complexity index is 607. The standard InChI is InChI=1S/C12H12FN3O2/c1-16-6-7(5-15-16)9-3-8(13)4-10(11(9)14)12(17)18-2/h3-6H,14H2,1-2H3. The topological polar surface area (TPSA) is 70.1 Å². The Balaban J connectivity index is 2.61. The van der Waals surface area contributed by atoms with Crippen molar-refractivity contribution in [1.82, 2.24) is 9.78 Å². The molecule has 0 bridgehead atoms. The fourth-order valence-corrected chi connectivity index (χ4v) is 1.70. The van der Waals surface area contributed by atoms with E-state index in [1.807, 2.05) is 0 Å². The summed E-state index contributed by atoms with van der Waals surface area (Å²) in [4.78, 5) is 11.5.